The van der Waals surface area contributed by atoms with Gasteiger partial charge in [-0.3, -0.25) is 14.7 Å². The summed E-state index contributed by atoms with van der Waals surface area (Å²) in [5, 5.41) is 17.8. The second kappa shape index (κ2) is 16.4. The minimum Gasteiger partial charge on any atom is -0.493 e. The zero-order valence-electron chi connectivity index (χ0n) is 26.7. The Bertz CT molecular complexity index is 1560. The van der Waals surface area contributed by atoms with Crippen LogP contribution in [-0.2, 0) is 25.9 Å². The molecule has 1 amide bonds. The average Bonchev–Trinajstić information content (AvgIpc) is 3.59. The predicted octanol–water partition coefficient (Wildman–Crippen LogP) is 5.31. The van der Waals surface area contributed by atoms with Crippen molar-refractivity contribution >= 4 is 5.91 Å². The molecule has 0 radical (unpaired) electrons. The Labute approximate surface area is 270 Å². The number of fused-ring (bicyclic) bond motifs is 4. The Hall–Kier alpha value is -4.12. The number of nitrogens with one attached hydrogen (secondary N) is 2. The maximum Gasteiger partial charge on any atom is 0.251 e. The van der Waals surface area contributed by atoms with Crippen molar-refractivity contribution in [3.05, 3.63) is 101 Å². The van der Waals surface area contributed by atoms with Crippen molar-refractivity contribution in [2.75, 3.05) is 26.2 Å². The summed E-state index contributed by atoms with van der Waals surface area (Å²) in [6.07, 6.45) is 9.55. The zero-order chi connectivity index (χ0) is 32.3. The maximum atomic E-state index is 14.7. The van der Waals surface area contributed by atoms with Crippen LogP contribution in [0.15, 0.2) is 71.7 Å². The molecule has 0 fully saturated rings. The highest BCUT2D eigenvalue weighted by Crippen LogP contribution is 2.24. The van der Waals surface area contributed by atoms with Gasteiger partial charge in [-0.15, -0.1) is 0 Å². The van der Waals surface area contributed by atoms with Crippen molar-refractivity contribution in [2.45, 2.75) is 71.2 Å². The predicted molar refractivity (Wildman–Crippen MR) is 175 cm³/mol. The molecular formula is C36H44FN5O4. The number of pyridine rings is 1. The van der Waals surface area contributed by atoms with Crippen molar-refractivity contribution < 1.29 is 23.4 Å². The maximum absolute atomic E-state index is 14.7. The number of hydrogen-bond donors (Lipinski definition) is 3. The molecule has 2 aromatic heterocycles. The molecule has 0 saturated heterocycles. The standard InChI is InChI=1S/C36H44FN5O4/c1-3-8-42-9-5-6-10-45-32-16-26(15-31(37)19-32)17-33(34(43)23-39-22-28-12-25(4-2)20-38-21-28)41-35(44)29-13-27(24-42)14-30(18-29)36-40-7-11-46-36/h7,11-16,18-21,33-34,39,43H,3-6,8-10,17,22-24H2,1-2H3,(H,41,44)/t33-,34+/m0/s1. The summed E-state index contributed by atoms with van der Waals surface area (Å²) >= 11 is 0. The molecule has 1 aliphatic heterocycles. The summed E-state index contributed by atoms with van der Waals surface area (Å²) in [7, 11) is 0. The fourth-order valence-electron chi connectivity index (χ4n) is 5.82. The number of rotatable bonds is 9. The quantitative estimate of drug-likeness (QED) is 0.228. The number of aliphatic hydroxyl groups excluding tert-OH is 1. The van der Waals surface area contributed by atoms with Gasteiger partial charge in [0.05, 0.1) is 24.9 Å². The number of carbonyl (C=O) groups is 1. The molecule has 0 unspecified atom stereocenters. The lowest BCUT2D eigenvalue weighted by molar-refractivity contribution is 0.0829. The van der Waals surface area contributed by atoms with E-state index in [0.29, 0.717) is 48.0 Å². The third-order valence-corrected chi connectivity index (χ3v) is 8.13. The monoisotopic (exact) mass is 629 g/mol. The molecule has 1 aliphatic rings. The number of ether oxygens (including phenoxy) is 1. The summed E-state index contributed by atoms with van der Waals surface area (Å²) in [6.45, 7) is 7.81. The van der Waals surface area contributed by atoms with Gasteiger partial charge < -0.3 is 24.9 Å². The van der Waals surface area contributed by atoms with E-state index >= 15 is 0 Å². The Morgan fingerprint density at radius 2 is 1.91 bits per heavy atom. The van der Waals surface area contributed by atoms with Gasteiger partial charge >= 0.3 is 0 Å². The fourth-order valence-corrected chi connectivity index (χ4v) is 5.82. The molecule has 2 atom stereocenters. The average molecular weight is 630 g/mol. The van der Waals surface area contributed by atoms with Crippen LogP contribution in [0.1, 0.15) is 65.7 Å². The number of benzene rings is 2. The molecule has 0 spiro atoms. The van der Waals surface area contributed by atoms with Crippen LogP contribution >= 0.6 is 0 Å². The second-order valence-electron chi connectivity index (χ2n) is 11.9. The van der Waals surface area contributed by atoms with E-state index in [1.165, 1.54) is 18.4 Å². The molecule has 5 rings (SSSR count). The number of nitrogens with zero attached hydrogens (tertiary/aromatic N) is 3. The van der Waals surface area contributed by atoms with Crippen molar-refractivity contribution in [1.82, 2.24) is 25.5 Å². The van der Waals surface area contributed by atoms with Crippen LogP contribution in [0.4, 0.5) is 4.39 Å². The summed E-state index contributed by atoms with van der Waals surface area (Å²) in [5.74, 6) is 0.0882. The highest BCUT2D eigenvalue weighted by molar-refractivity contribution is 5.95. The van der Waals surface area contributed by atoms with E-state index in [4.69, 9.17) is 9.15 Å². The molecule has 3 heterocycles. The van der Waals surface area contributed by atoms with Gasteiger partial charge in [0.2, 0.25) is 5.89 Å². The summed E-state index contributed by atoms with van der Waals surface area (Å²) in [5.41, 5.74) is 4.85. The van der Waals surface area contributed by atoms with Crippen LogP contribution in [0.3, 0.4) is 0 Å². The number of aromatic nitrogens is 2. The number of carbonyl (C=O) groups excluding carboxylic acids is 1. The number of aryl methyl sites for hydroxylation is 1. The van der Waals surface area contributed by atoms with Crippen molar-refractivity contribution in [3.63, 3.8) is 0 Å². The van der Waals surface area contributed by atoms with E-state index in [-0.39, 0.29) is 18.9 Å². The highest BCUT2D eigenvalue weighted by atomic mass is 19.1. The summed E-state index contributed by atoms with van der Waals surface area (Å²) in [6, 6.07) is 11.6. The first-order valence-electron chi connectivity index (χ1n) is 16.2. The van der Waals surface area contributed by atoms with Gasteiger partial charge in [-0.2, -0.15) is 0 Å². The van der Waals surface area contributed by atoms with E-state index in [2.05, 4.69) is 45.4 Å². The number of amides is 1. The van der Waals surface area contributed by atoms with Crippen LogP contribution in [0.25, 0.3) is 11.5 Å². The van der Waals surface area contributed by atoms with Crippen LogP contribution in [0.2, 0.25) is 0 Å². The van der Waals surface area contributed by atoms with Gasteiger partial charge in [-0.05, 0) is 97.8 Å². The van der Waals surface area contributed by atoms with Crippen molar-refractivity contribution in [3.8, 4) is 17.2 Å². The largest absolute Gasteiger partial charge is 0.493 e. The number of halogens is 1. The molecule has 244 valence electrons. The summed E-state index contributed by atoms with van der Waals surface area (Å²) < 4.78 is 26.3. The van der Waals surface area contributed by atoms with Gasteiger partial charge in [0.25, 0.3) is 5.91 Å². The van der Waals surface area contributed by atoms with Gasteiger partial charge in [-0.1, -0.05) is 19.9 Å². The Morgan fingerprint density at radius 1 is 1.07 bits per heavy atom. The first-order chi connectivity index (χ1) is 22.4. The van der Waals surface area contributed by atoms with Crippen LogP contribution in [0.5, 0.6) is 5.75 Å². The molecule has 4 bridgehead atoms. The number of hydrogen-bond acceptors (Lipinski definition) is 8. The third-order valence-electron chi connectivity index (χ3n) is 8.13. The lowest BCUT2D eigenvalue weighted by Crippen LogP contribution is -2.48. The second-order valence-corrected chi connectivity index (χ2v) is 11.9. The number of oxazole rings is 1. The SMILES string of the molecule is CCCN1CCCCOc2cc(F)cc(c2)C[C@@H]([C@H](O)CNCc2cncc(CC)c2)NC(=O)c2cc(cc(-c3ncco3)c2)C1. The van der Waals surface area contributed by atoms with Crippen LogP contribution in [0, 0.1) is 5.82 Å². The van der Waals surface area contributed by atoms with E-state index < -0.39 is 18.0 Å². The van der Waals surface area contributed by atoms with E-state index in [1.54, 1.807) is 24.5 Å². The van der Waals surface area contributed by atoms with Gasteiger partial charge in [0, 0.05) is 49.2 Å². The van der Waals surface area contributed by atoms with Gasteiger partial charge in [-0.25, -0.2) is 9.37 Å². The van der Waals surface area contributed by atoms with Crippen molar-refractivity contribution in [2.24, 2.45) is 0 Å². The first kappa shape index (κ1) is 33.2. The molecule has 10 heteroatoms. The zero-order valence-corrected chi connectivity index (χ0v) is 26.7. The van der Waals surface area contributed by atoms with E-state index in [1.807, 2.05) is 18.3 Å². The van der Waals surface area contributed by atoms with E-state index in [0.717, 1.165) is 55.5 Å². The van der Waals surface area contributed by atoms with Crippen LogP contribution in [-0.4, -0.2) is 64.3 Å². The van der Waals surface area contributed by atoms with Gasteiger partial charge in [0.15, 0.2) is 0 Å². The fraction of sp³-hybridized carbons (Fsp3) is 0.417. The molecule has 0 saturated carbocycles. The normalized spacial score (nSPS) is 17.1. The highest BCUT2D eigenvalue weighted by Gasteiger charge is 2.24. The Morgan fingerprint density at radius 3 is 2.72 bits per heavy atom. The van der Waals surface area contributed by atoms with Crippen molar-refractivity contribution in [1.29, 1.82) is 0 Å². The number of aliphatic hydroxyl groups is 1. The van der Waals surface area contributed by atoms with E-state index in [9.17, 15) is 14.3 Å². The summed E-state index contributed by atoms with van der Waals surface area (Å²) in [4.78, 5) is 24.9. The molecule has 2 aromatic carbocycles. The van der Waals surface area contributed by atoms with Crippen LogP contribution < -0.4 is 15.4 Å². The smallest absolute Gasteiger partial charge is 0.251 e. The molecule has 3 N–H and O–H groups in total. The third kappa shape index (κ3) is 9.45. The lowest BCUT2D eigenvalue weighted by Gasteiger charge is -2.25. The van der Waals surface area contributed by atoms with Gasteiger partial charge in [0.1, 0.15) is 17.8 Å². The minimum atomic E-state index is -0.976. The molecule has 0 aliphatic carbocycles. The Balaban J connectivity index is 1.44. The lowest BCUT2D eigenvalue weighted by atomic mass is 9.99. The molecule has 4 aromatic rings. The Kier molecular flexibility index (Phi) is 11.9. The minimum absolute atomic E-state index is 0.201. The topological polar surface area (TPSA) is 113 Å². The molecular weight excluding hydrogens is 585 g/mol. The molecule has 9 nitrogen and oxygen atoms in total. The first-order valence-corrected chi connectivity index (χ1v) is 16.2. The molecule has 46 heavy (non-hydrogen) atoms.